The van der Waals surface area contributed by atoms with Crippen molar-refractivity contribution in [3.8, 4) is 0 Å². The number of aromatic carboxylic acids is 1. The standard InChI is InChI=1S/C10H10N2O4S/c1-5-11-8-7(6(4-17-8)10(15)16)9(14)12(5)2-3-13/h4,13H,2-3H2,1H3,(H,15,16). The van der Waals surface area contributed by atoms with E-state index in [0.717, 1.165) is 11.3 Å². The van der Waals surface area contributed by atoms with Crippen molar-refractivity contribution in [3.05, 3.63) is 27.1 Å². The number of aliphatic hydroxyl groups is 1. The molecule has 6 nitrogen and oxygen atoms in total. The molecule has 17 heavy (non-hydrogen) atoms. The Morgan fingerprint density at radius 2 is 2.29 bits per heavy atom. The quantitative estimate of drug-likeness (QED) is 0.830. The van der Waals surface area contributed by atoms with Crippen LogP contribution in [0.1, 0.15) is 16.2 Å². The second-order valence-corrected chi connectivity index (χ2v) is 4.33. The number of aliphatic hydroxyl groups excluding tert-OH is 1. The summed E-state index contributed by atoms with van der Waals surface area (Å²) < 4.78 is 1.28. The molecule has 7 heteroatoms. The number of fused-ring (bicyclic) bond motifs is 1. The summed E-state index contributed by atoms with van der Waals surface area (Å²) in [6.07, 6.45) is 0. The first-order valence-corrected chi connectivity index (χ1v) is 5.77. The number of carboxylic acid groups (broad SMARTS) is 1. The molecule has 2 aromatic rings. The highest BCUT2D eigenvalue weighted by molar-refractivity contribution is 7.17. The minimum absolute atomic E-state index is 0.0332. The smallest absolute Gasteiger partial charge is 0.337 e. The van der Waals surface area contributed by atoms with Crippen LogP contribution in [0, 0.1) is 6.92 Å². The number of nitrogens with zero attached hydrogens (tertiary/aromatic N) is 2. The largest absolute Gasteiger partial charge is 0.478 e. The number of rotatable bonds is 3. The summed E-state index contributed by atoms with van der Waals surface area (Å²) in [7, 11) is 0. The van der Waals surface area contributed by atoms with E-state index in [-0.39, 0.29) is 24.1 Å². The summed E-state index contributed by atoms with van der Waals surface area (Å²) in [4.78, 5) is 27.6. The maximum atomic E-state index is 12.1. The van der Waals surface area contributed by atoms with E-state index in [0.29, 0.717) is 10.7 Å². The molecule has 0 aromatic carbocycles. The monoisotopic (exact) mass is 254 g/mol. The summed E-state index contributed by atoms with van der Waals surface area (Å²) in [6.45, 7) is 1.57. The SMILES string of the molecule is Cc1nc2scc(C(=O)O)c2c(=O)n1CCO. The number of aromatic nitrogens is 2. The lowest BCUT2D eigenvalue weighted by Crippen LogP contribution is -2.25. The second-order valence-electron chi connectivity index (χ2n) is 3.47. The molecule has 0 saturated carbocycles. The van der Waals surface area contributed by atoms with Gasteiger partial charge in [0.05, 0.1) is 24.1 Å². The molecule has 0 atom stereocenters. The Morgan fingerprint density at radius 1 is 1.59 bits per heavy atom. The van der Waals surface area contributed by atoms with Gasteiger partial charge in [-0.3, -0.25) is 9.36 Å². The Kier molecular flexibility index (Phi) is 2.95. The lowest BCUT2D eigenvalue weighted by atomic mass is 10.2. The Hall–Kier alpha value is -1.73. The maximum Gasteiger partial charge on any atom is 0.337 e. The molecule has 90 valence electrons. The number of carboxylic acids is 1. The molecule has 0 aliphatic heterocycles. The number of hydrogen-bond acceptors (Lipinski definition) is 5. The van der Waals surface area contributed by atoms with Crippen molar-refractivity contribution < 1.29 is 15.0 Å². The molecule has 2 heterocycles. The Labute approximate surface area is 99.8 Å². The van der Waals surface area contributed by atoms with Crippen molar-refractivity contribution >= 4 is 27.5 Å². The molecule has 0 saturated heterocycles. The molecule has 0 bridgehead atoms. The van der Waals surface area contributed by atoms with Gasteiger partial charge in [0.1, 0.15) is 10.7 Å². The zero-order chi connectivity index (χ0) is 12.6. The molecule has 2 N–H and O–H groups in total. The van der Waals surface area contributed by atoms with Gasteiger partial charge in [0.2, 0.25) is 0 Å². The first kappa shape index (κ1) is 11.7. The summed E-state index contributed by atoms with van der Waals surface area (Å²) in [6, 6.07) is 0. The van der Waals surface area contributed by atoms with Crippen LogP contribution < -0.4 is 5.56 Å². The van der Waals surface area contributed by atoms with Gasteiger partial charge in [0, 0.05) is 5.38 Å². The van der Waals surface area contributed by atoms with Crippen molar-refractivity contribution in [1.82, 2.24) is 9.55 Å². The molecule has 2 rings (SSSR count). The van der Waals surface area contributed by atoms with Crippen LogP contribution in [0.4, 0.5) is 0 Å². The predicted molar refractivity (Wildman–Crippen MR) is 62.7 cm³/mol. The Morgan fingerprint density at radius 3 is 2.88 bits per heavy atom. The van der Waals surface area contributed by atoms with E-state index in [1.165, 1.54) is 9.95 Å². The van der Waals surface area contributed by atoms with Gasteiger partial charge in [-0.15, -0.1) is 11.3 Å². The summed E-state index contributed by atoms with van der Waals surface area (Å²) in [5.41, 5.74) is -0.450. The number of hydrogen-bond donors (Lipinski definition) is 2. The molecule has 0 radical (unpaired) electrons. The van der Waals surface area contributed by atoms with Crippen molar-refractivity contribution in [2.24, 2.45) is 0 Å². The van der Waals surface area contributed by atoms with Gasteiger partial charge in [0.25, 0.3) is 5.56 Å². The third-order valence-corrected chi connectivity index (χ3v) is 3.31. The third kappa shape index (κ3) is 1.83. The Bertz CT molecular complexity index is 644. The highest BCUT2D eigenvalue weighted by atomic mass is 32.1. The van der Waals surface area contributed by atoms with E-state index in [1.807, 2.05) is 0 Å². The normalized spacial score (nSPS) is 10.9. The molecule has 0 spiro atoms. The molecular formula is C10H10N2O4S. The van der Waals surface area contributed by atoms with Crippen LogP contribution in [-0.2, 0) is 6.54 Å². The average molecular weight is 254 g/mol. The van der Waals surface area contributed by atoms with Gasteiger partial charge < -0.3 is 10.2 Å². The van der Waals surface area contributed by atoms with Gasteiger partial charge >= 0.3 is 5.97 Å². The highest BCUT2D eigenvalue weighted by Gasteiger charge is 2.17. The topological polar surface area (TPSA) is 92.4 Å². The van der Waals surface area contributed by atoms with E-state index in [4.69, 9.17) is 10.2 Å². The second kappa shape index (κ2) is 4.27. The fraction of sp³-hybridized carbons (Fsp3) is 0.300. The van der Waals surface area contributed by atoms with Gasteiger partial charge in [-0.2, -0.15) is 0 Å². The summed E-state index contributed by atoms with van der Waals surface area (Å²) in [5, 5.41) is 19.4. The first-order valence-electron chi connectivity index (χ1n) is 4.89. The van der Waals surface area contributed by atoms with E-state index < -0.39 is 11.5 Å². The minimum Gasteiger partial charge on any atom is -0.478 e. The highest BCUT2D eigenvalue weighted by Crippen LogP contribution is 2.21. The summed E-state index contributed by atoms with van der Waals surface area (Å²) >= 11 is 1.13. The zero-order valence-electron chi connectivity index (χ0n) is 9.01. The lowest BCUT2D eigenvalue weighted by Gasteiger charge is -2.07. The van der Waals surface area contributed by atoms with Gasteiger partial charge in [-0.1, -0.05) is 0 Å². The van der Waals surface area contributed by atoms with Crippen LogP contribution in [0.2, 0.25) is 0 Å². The molecule has 0 aliphatic carbocycles. The van der Waals surface area contributed by atoms with Crippen LogP contribution in [0.3, 0.4) is 0 Å². The van der Waals surface area contributed by atoms with E-state index >= 15 is 0 Å². The van der Waals surface area contributed by atoms with E-state index in [1.54, 1.807) is 6.92 Å². The van der Waals surface area contributed by atoms with E-state index in [9.17, 15) is 9.59 Å². The van der Waals surface area contributed by atoms with Crippen LogP contribution in [0.15, 0.2) is 10.2 Å². The lowest BCUT2D eigenvalue weighted by molar-refractivity contribution is 0.0699. The van der Waals surface area contributed by atoms with Gasteiger partial charge in [-0.05, 0) is 6.92 Å². The van der Waals surface area contributed by atoms with Crippen LogP contribution in [0.5, 0.6) is 0 Å². The van der Waals surface area contributed by atoms with Gasteiger partial charge in [-0.25, -0.2) is 9.78 Å². The molecule has 2 aromatic heterocycles. The fourth-order valence-electron chi connectivity index (χ4n) is 1.65. The molecule has 0 fully saturated rings. The first-order chi connectivity index (χ1) is 8.06. The minimum atomic E-state index is -1.14. The molecule has 0 aliphatic rings. The number of carbonyl (C=O) groups is 1. The third-order valence-electron chi connectivity index (χ3n) is 2.44. The van der Waals surface area contributed by atoms with Crippen molar-refractivity contribution in [3.63, 3.8) is 0 Å². The van der Waals surface area contributed by atoms with Crippen LogP contribution >= 0.6 is 11.3 Å². The summed E-state index contributed by atoms with van der Waals surface area (Å²) in [5.74, 6) is -0.676. The van der Waals surface area contributed by atoms with Crippen molar-refractivity contribution in [1.29, 1.82) is 0 Å². The molecular weight excluding hydrogens is 244 g/mol. The average Bonchev–Trinajstić information content (AvgIpc) is 2.68. The molecule has 0 amide bonds. The van der Waals surface area contributed by atoms with Crippen LogP contribution in [-0.4, -0.2) is 32.3 Å². The van der Waals surface area contributed by atoms with E-state index in [2.05, 4.69) is 4.98 Å². The zero-order valence-corrected chi connectivity index (χ0v) is 9.82. The molecule has 0 unspecified atom stereocenters. The van der Waals surface area contributed by atoms with Crippen molar-refractivity contribution in [2.45, 2.75) is 13.5 Å². The predicted octanol–water partition coefficient (Wildman–Crippen LogP) is 0.457. The Balaban J connectivity index is 2.83. The fourth-order valence-corrected chi connectivity index (χ4v) is 2.59. The number of thiophene rings is 1. The van der Waals surface area contributed by atoms with Gasteiger partial charge in [0.15, 0.2) is 0 Å². The van der Waals surface area contributed by atoms with Crippen LogP contribution in [0.25, 0.3) is 10.2 Å². The van der Waals surface area contributed by atoms with Crippen molar-refractivity contribution in [2.75, 3.05) is 6.61 Å². The maximum absolute atomic E-state index is 12.1. The number of aryl methyl sites for hydroxylation is 1.